The molecule has 0 spiro atoms. The molecule has 0 aromatic heterocycles. The van der Waals surface area contributed by atoms with E-state index in [0.29, 0.717) is 32.2 Å². The molecule has 0 radical (unpaired) electrons. The van der Waals surface area contributed by atoms with Crippen molar-refractivity contribution < 1.29 is 14.3 Å². The van der Waals surface area contributed by atoms with Gasteiger partial charge in [0.2, 0.25) is 5.91 Å². The first-order valence-corrected chi connectivity index (χ1v) is 8.14. The average Bonchev–Trinajstić information content (AvgIpc) is 3.03. The van der Waals surface area contributed by atoms with Crippen LogP contribution in [0.4, 0.5) is 0 Å². The van der Waals surface area contributed by atoms with E-state index in [1.165, 1.54) is 0 Å². The van der Waals surface area contributed by atoms with Crippen molar-refractivity contribution in [3.63, 3.8) is 0 Å². The zero-order valence-electron chi connectivity index (χ0n) is 12.8. The Kier molecular flexibility index (Phi) is 4.83. The van der Waals surface area contributed by atoms with Gasteiger partial charge in [-0.2, -0.15) is 0 Å². The number of hydrogen-bond donors (Lipinski definition) is 2. The van der Waals surface area contributed by atoms with Gasteiger partial charge in [0.15, 0.2) is 11.5 Å². The normalized spacial score (nSPS) is 23.3. The molecule has 0 bridgehead atoms. The van der Waals surface area contributed by atoms with Gasteiger partial charge in [0, 0.05) is 12.5 Å². The third-order valence-electron chi connectivity index (χ3n) is 4.62. The SMILES string of the molecule is NC[C@H]1CCC[C@H]1C(=O)NCCc1ccc2c(c1)OCCO2. The highest BCUT2D eigenvalue weighted by Gasteiger charge is 2.31. The van der Waals surface area contributed by atoms with E-state index >= 15 is 0 Å². The number of carbonyl (C=O) groups is 1. The molecule has 2 aliphatic rings. The first kappa shape index (κ1) is 15.2. The topological polar surface area (TPSA) is 73.6 Å². The fourth-order valence-corrected chi connectivity index (χ4v) is 3.37. The molecule has 1 fully saturated rings. The second-order valence-electron chi connectivity index (χ2n) is 6.05. The van der Waals surface area contributed by atoms with Crippen molar-refractivity contribution in [2.45, 2.75) is 25.7 Å². The maximum atomic E-state index is 12.2. The van der Waals surface area contributed by atoms with Crippen molar-refractivity contribution in [3.05, 3.63) is 23.8 Å². The third kappa shape index (κ3) is 3.35. The lowest BCUT2D eigenvalue weighted by molar-refractivity contribution is -0.125. The second kappa shape index (κ2) is 7.01. The van der Waals surface area contributed by atoms with Crippen molar-refractivity contribution >= 4 is 5.91 Å². The van der Waals surface area contributed by atoms with Crippen LogP contribution in [0.1, 0.15) is 24.8 Å². The predicted molar refractivity (Wildman–Crippen MR) is 84.0 cm³/mol. The number of nitrogens with one attached hydrogen (secondary N) is 1. The summed E-state index contributed by atoms with van der Waals surface area (Å²) >= 11 is 0. The quantitative estimate of drug-likeness (QED) is 0.864. The summed E-state index contributed by atoms with van der Waals surface area (Å²) < 4.78 is 11.1. The molecule has 5 nitrogen and oxygen atoms in total. The monoisotopic (exact) mass is 304 g/mol. The predicted octanol–water partition coefficient (Wildman–Crippen LogP) is 1.49. The summed E-state index contributed by atoms with van der Waals surface area (Å²) in [6.45, 7) is 2.45. The van der Waals surface area contributed by atoms with Crippen LogP contribution in [0.3, 0.4) is 0 Å². The molecule has 1 heterocycles. The van der Waals surface area contributed by atoms with Gasteiger partial charge in [-0.25, -0.2) is 0 Å². The molecule has 0 unspecified atom stereocenters. The van der Waals surface area contributed by atoms with Crippen LogP contribution in [0.15, 0.2) is 18.2 Å². The number of benzene rings is 1. The van der Waals surface area contributed by atoms with E-state index < -0.39 is 0 Å². The van der Waals surface area contributed by atoms with Gasteiger partial charge < -0.3 is 20.5 Å². The highest BCUT2D eigenvalue weighted by Crippen LogP contribution is 2.32. The molecule has 22 heavy (non-hydrogen) atoms. The van der Waals surface area contributed by atoms with Gasteiger partial charge in [-0.3, -0.25) is 4.79 Å². The fraction of sp³-hybridized carbons (Fsp3) is 0.588. The molecule has 1 saturated carbocycles. The van der Waals surface area contributed by atoms with Crippen molar-refractivity contribution in [2.24, 2.45) is 17.6 Å². The number of rotatable bonds is 5. The minimum absolute atomic E-state index is 0.102. The lowest BCUT2D eigenvalue weighted by Crippen LogP contribution is -2.36. The molecule has 5 heteroatoms. The molecule has 1 aromatic carbocycles. The van der Waals surface area contributed by atoms with Crippen molar-refractivity contribution in [1.82, 2.24) is 5.32 Å². The van der Waals surface area contributed by atoms with E-state index in [2.05, 4.69) is 5.32 Å². The lowest BCUT2D eigenvalue weighted by atomic mass is 9.95. The number of ether oxygens (including phenoxy) is 2. The molecule has 120 valence electrons. The summed E-state index contributed by atoms with van der Waals surface area (Å²) in [6, 6.07) is 5.96. The van der Waals surface area contributed by atoms with Crippen LogP contribution in [0.25, 0.3) is 0 Å². The maximum Gasteiger partial charge on any atom is 0.223 e. The van der Waals surface area contributed by atoms with Crippen LogP contribution < -0.4 is 20.5 Å². The molecular weight excluding hydrogens is 280 g/mol. The summed E-state index contributed by atoms with van der Waals surface area (Å²) in [6.07, 6.45) is 3.96. The molecule has 1 aliphatic carbocycles. The Hall–Kier alpha value is -1.75. The number of nitrogens with two attached hydrogens (primary N) is 1. The van der Waals surface area contributed by atoms with Crippen molar-refractivity contribution in [2.75, 3.05) is 26.3 Å². The Balaban J connectivity index is 1.49. The third-order valence-corrected chi connectivity index (χ3v) is 4.62. The Morgan fingerprint density at radius 2 is 2.05 bits per heavy atom. The highest BCUT2D eigenvalue weighted by molar-refractivity contribution is 5.79. The number of hydrogen-bond acceptors (Lipinski definition) is 4. The Bertz CT molecular complexity index is 533. The van der Waals surface area contributed by atoms with E-state index in [9.17, 15) is 4.79 Å². The van der Waals surface area contributed by atoms with Crippen LogP contribution in [0.2, 0.25) is 0 Å². The minimum atomic E-state index is 0.102. The number of fused-ring (bicyclic) bond motifs is 1. The summed E-state index contributed by atoms with van der Waals surface area (Å²) in [4.78, 5) is 12.2. The molecule has 2 atom stereocenters. The van der Waals surface area contributed by atoms with E-state index in [0.717, 1.165) is 42.7 Å². The number of carbonyl (C=O) groups excluding carboxylic acids is 1. The van der Waals surface area contributed by atoms with Crippen LogP contribution in [0.5, 0.6) is 11.5 Å². The van der Waals surface area contributed by atoms with Crippen LogP contribution in [0, 0.1) is 11.8 Å². The maximum absolute atomic E-state index is 12.2. The largest absolute Gasteiger partial charge is 0.486 e. The summed E-state index contributed by atoms with van der Waals surface area (Å²) in [5.41, 5.74) is 6.89. The lowest BCUT2D eigenvalue weighted by Gasteiger charge is -2.19. The van der Waals surface area contributed by atoms with Gasteiger partial charge in [0.1, 0.15) is 13.2 Å². The molecule has 0 saturated heterocycles. The van der Waals surface area contributed by atoms with Crippen molar-refractivity contribution in [3.8, 4) is 11.5 Å². The minimum Gasteiger partial charge on any atom is -0.486 e. The molecule has 3 rings (SSSR count). The van der Waals surface area contributed by atoms with Gasteiger partial charge in [-0.15, -0.1) is 0 Å². The molecule has 3 N–H and O–H groups in total. The van der Waals surface area contributed by atoms with E-state index in [1.807, 2.05) is 18.2 Å². The van der Waals surface area contributed by atoms with Gasteiger partial charge in [-0.1, -0.05) is 12.5 Å². The van der Waals surface area contributed by atoms with Crippen LogP contribution >= 0.6 is 0 Å². The van der Waals surface area contributed by atoms with E-state index in [4.69, 9.17) is 15.2 Å². The molecule has 1 amide bonds. The van der Waals surface area contributed by atoms with Gasteiger partial charge in [0.25, 0.3) is 0 Å². The van der Waals surface area contributed by atoms with E-state index in [1.54, 1.807) is 0 Å². The van der Waals surface area contributed by atoms with Gasteiger partial charge in [-0.05, 0) is 49.4 Å². The van der Waals surface area contributed by atoms with Crippen LogP contribution in [-0.4, -0.2) is 32.2 Å². The highest BCUT2D eigenvalue weighted by atomic mass is 16.6. The van der Waals surface area contributed by atoms with Crippen LogP contribution in [-0.2, 0) is 11.2 Å². The molecular formula is C17H24N2O3. The van der Waals surface area contributed by atoms with Gasteiger partial charge >= 0.3 is 0 Å². The zero-order valence-corrected chi connectivity index (χ0v) is 12.8. The second-order valence-corrected chi connectivity index (χ2v) is 6.05. The Morgan fingerprint density at radius 1 is 1.23 bits per heavy atom. The van der Waals surface area contributed by atoms with Gasteiger partial charge in [0.05, 0.1) is 0 Å². The first-order chi connectivity index (χ1) is 10.8. The molecule has 1 aliphatic heterocycles. The first-order valence-electron chi connectivity index (χ1n) is 8.14. The van der Waals surface area contributed by atoms with Crippen molar-refractivity contribution in [1.29, 1.82) is 0 Å². The van der Waals surface area contributed by atoms with E-state index in [-0.39, 0.29) is 11.8 Å². The molecule has 1 aromatic rings. The summed E-state index contributed by atoms with van der Waals surface area (Å²) in [5.74, 6) is 2.22. The number of amides is 1. The smallest absolute Gasteiger partial charge is 0.223 e. The average molecular weight is 304 g/mol. The fourth-order valence-electron chi connectivity index (χ4n) is 3.37. The Morgan fingerprint density at radius 3 is 2.86 bits per heavy atom. The summed E-state index contributed by atoms with van der Waals surface area (Å²) in [5, 5.41) is 3.05. The summed E-state index contributed by atoms with van der Waals surface area (Å²) in [7, 11) is 0. The zero-order chi connectivity index (χ0) is 15.4. The standard InChI is InChI=1S/C17H24N2O3/c18-11-13-2-1-3-14(13)17(20)19-7-6-12-4-5-15-16(10-12)22-9-8-21-15/h4-5,10,13-14H,1-3,6-9,11,18H2,(H,19,20)/t13-,14-/m1/s1. The Labute approximate surface area is 131 Å².